The minimum atomic E-state index is -3.31. The maximum absolute atomic E-state index is 12.1. The van der Waals surface area contributed by atoms with Gasteiger partial charge < -0.3 is 9.88 Å². The Kier molecular flexibility index (Phi) is 6.13. The van der Waals surface area contributed by atoms with Gasteiger partial charge in [-0.1, -0.05) is 24.3 Å². The lowest BCUT2D eigenvalue weighted by Crippen LogP contribution is -2.09. The number of anilines is 2. The highest BCUT2D eigenvalue weighted by atomic mass is 32.2. The summed E-state index contributed by atoms with van der Waals surface area (Å²) in [7, 11) is -3.31. The largest absolute Gasteiger partial charge is 0.331 e. The Hall–Kier alpha value is -3.39. The highest BCUT2D eigenvalue weighted by molar-refractivity contribution is 7.92. The second kappa shape index (κ2) is 8.74. The summed E-state index contributed by atoms with van der Waals surface area (Å²) in [5.41, 5.74) is 3.08. The molecule has 0 saturated carbocycles. The first-order chi connectivity index (χ1) is 13.8. The van der Waals surface area contributed by atoms with Crippen molar-refractivity contribution in [2.24, 2.45) is 0 Å². The van der Waals surface area contributed by atoms with Crippen LogP contribution in [0.15, 0.2) is 67.0 Å². The van der Waals surface area contributed by atoms with Crippen LogP contribution in [0.4, 0.5) is 11.4 Å². The molecule has 0 saturated heterocycles. The molecule has 8 heteroatoms. The zero-order valence-electron chi connectivity index (χ0n) is 16.2. The molecule has 1 amide bonds. The molecule has 2 aromatic carbocycles. The average Bonchev–Trinajstić information content (AvgIpc) is 3.06. The van der Waals surface area contributed by atoms with Crippen LogP contribution >= 0.6 is 0 Å². The minimum Gasteiger partial charge on any atom is -0.331 e. The van der Waals surface area contributed by atoms with Crippen molar-refractivity contribution in [3.8, 4) is 0 Å². The molecule has 1 aromatic heterocycles. The molecule has 29 heavy (non-hydrogen) atoms. The fourth-order valence-electron chi connectivity index (χ4n) is 2.69. The molecule has 0 atom stereocenters. The van der Waals surface area contributed by atoms with Crippen LogP contribution in [0, 0.1) is 6.92 Å². The van der Waals surface area contributed by atoms with Crippen LogP contribution in [-0.2, 0) is 21.4 Å². The van der Waals surface area contributed by atoms with Crippen molar-refractivity contribution in [1.82, 2.24) is 9.55 Å². The number of rotatable bonds is 7. The summed E-state index contributed by atoms with van der Waals surface area (Å²) in [6.07, 6.45) is 7.89. The standard InChI is InChI=1S/C21H22N4O3S/c1-16-22-13-14-25(16)15-18-5-8-19(9-6-18)23-21(26)12-7-17-3-10-20(11-4-17)24-29(2,27)28/h3-14,24H,15H2,1-2H3,(H,23,26)/b12-7+. The van der Waals surface area contributed by atoms with Crippen LogP contribution in [0.25, 0.3) is 6.08 Å². The van der Waals surface area contributed by atoms with Gasteiger partial charge in [0, 0.05) is 36.4 Å². The molecule has 3 rings (SSSR count). The lowest BCUT2D eigenvalue weighted by Gasteiger charge is -2.07. The van der Waals surface area contributed by atoms with Crippen LogP contribution in [-0.4, -0.2) is 30.1 Å². The molecule has 150 valence electrons. The number of carbonyl (C=O) groups excluding carboxylic acids is 1. The van der Waals surface area contributed by atoms with E-state index in [0.29, 0.717) is 11.4 Å². The first kappa shape index (κ1) is 20.3. The van der Waals surface area contributed by atoms with Gasteiger partial charge in [-0.2, -0.15) is 0 Å². The van der Waals surface area contributed by atoms with E-state index in [1.54, 1.807) is 36.5 Å². The number of hydrogen-bond donors (Lipinski definition) is 2. The molecule has 0 fully saturated rings. The van der Waals surface area contributed by atoms with Gasteiger partial charge in [-0.05, 0) is 48.4 Å². The molecule has 0 bridgehead atoms. The van der Waals surface area contributed by atoms with Crippen LogP contribution < -0.4 is 10.0 Å². The molecule has 0 radical (unpaired) electrons. The quantitative estimate of drug-likeness (QED) is 0.585. The normalized spacial score (nSPS) is 11.5. The van der Waals surface area contributed by atoms with Crippen LogP contribution in [0.5, 0.6) is 0 Å². The number of aryl methyl sites for hydroxylation is 1. The van der Waals surface area contributed by atoms with Gasteiger partial charge in [0.25, 0.3) is 0 Å². The smallest absolute Gasteiger partial charge is 0.248 e. The van der Waals surface area contributed by atoms with Crippen molar-refractivity contribution in [2.75, 3.05) is 16.3 Å². The minimum absolute atomic E-state index is 0.249. The third-order valence-corrected chi connectivity index (χ3v) is 4.75. The zero-order valence-corrected chi connectivity index (χ0v) is 17.0. The lowest BCUT2D eigenvalue weighted by atomic mass is 10.2. The van der Waals surface area contributed by atoms with Crippen molar-refractivity contribution in [2.45, 2.75) is 13.5 Å². The third-order valence-electron chi connectivity index (χ3n) is 4.14. The summed E-state index contributed by atoms with van der Waals surface area (Å²) < 4.78 is 26.9. The first-order valence-corrected chi connectivity index (χ1v) is 10.8. The van der Waals surface area contributed by atoms with Gasteiger partial charge in [0.05, 0.1) is 6.26 Å². The van der Waals surface area contributed by atoms with Gasteiger partial charge in [0.1, 0.15) is 5.82 Å². The Balaban J connectivity index is 1.55. The maximum Gasteiger partial charge on any atom is 0.248 e. The van der Waals surface area contributed by atoms with Crippen molar-refractivity contribution in [1.29, 1.82) is 0 Å². The molecule has 0 spiro atoms. The molecular formula is C21H22N4O3S. The number of amides is 1. The van der Waals surface area contributed by atoms with Crippen molar-refractivity contribution >= 4 is 33.4 Å². The molecule has 2 N–H and O–H groups in total. The number of sulfonamides is 1. The van der Waals surface area contributed by atoms with Gasteiger partial charge in [-0.15, -0.1) is 0 Å². The molecule has 1 heterocycles. The topological polar surface area (TPSA) is 93.1 Å². The van der Waals surface area contributed by atoms with Gasteiger partial charge in [-0.25, -0.2) is 13.4 Å². The Morgan fingerprint density at radius 3 is 2.31 bits per heavy atom. The SMILES string of the molecule is Cc1nccn1Cc1ccc(NC(=O)/C=C/c2ccc(NS(C)(=O)=O)cc2)cc1. The van der Waals surface area contributed by atoms with E-state index >= 15 is 0 Å². The zero-order chi connectivity index (χ0) is 20.9. The fraction of sp³-hybridized carbons (Fsp3) is 0.143. The Labute approximate surface area is 170 Å². The van der Waals surface area contributed by atoms with Crippen molar-refractivity contribution in [3.05, 3.63) is 84.0 Å². The van der Waals surface area contributed by atoms with E-state index in [4.69, 9.17) is 0 Å². The number of nitrogens with one attached hydrogen (secondary N) is 2. The summed E-state index contributed by atoms with van der Waals surface area (Å²) in [6, 6.07) is 14.4. The van der Waals surface area contributed by atoms with Crippen molar-refractivity contribution in [3.63, 3.8) is 0 Å². The lowest BCUT2D eigenvalue weighted by molar-refractivity contribution is -0.111. The molecule has 0 aliphatic rings. The molecule has 7 nitrogen and oxygen atoms in total. The number of imidazole rings is 1. The average molecular weight is 410 g/mol. The van der Waals surface area contributed by atoms with E-state index in [2.05, 4.69) is 15.0 Å². The molecule has 3 aromatic rings. The van der Waals surface area contributed by atoms with Gasteiger partial charge in [-0.3, -0.25) is 9.52 Å². The van der Waals surface area contributed by atoms with Gasteiger partial charge in [0.2, 0.25) is 15.9 Å². The van der Waals surface area contributed by atoms with Gasteiger partial charge in [0.15, 0.2) is 0 Å². The Morgan fingerprint density at radius 2 is 1.72 bits per heavy atom. The van der Waals surface area contributed by atoms with Gasteiger partial charge >= 0.3 is 0 Å². The summed E-state index contributed by atoms with van der Waals surface area (Å²) in [4.78, 5) is 16.3. The number of nitrogens with zero attached hydrogens (tertiary/aromatic N) is 2. The Bertz CT molecular complexity index is 1120. The highest BCUT2D eigenvalue weighted by Crippen LogP contribution is 2.14. The maximum atomic E-state index is 12.1. The molecule has 0 aliphatic heterocycles. The molecule has 0 aliphatic carbocycles. The Morgan fingerprint density at radius 1 is 1.07 bits per heavy atom. The van der Waals surface area contributed by atoms with E-state index in [1.165, 1.54) is 6.08 Å². The van der Waals surface area contributed by atoms with E-state index in [-0.39, 0.29) is 5.91 Å². The summed E-state index contributed by atoms with van der Waals surface area (Å²) >= 11 is 0. The molecule has 0 unspecified atom stereocenters. The summed E-state index contributed by atoms with van der Waals surface area (Å²) in [5.74, 6) is 0.703. The monoisotopic (exact) mass is 410 g/mol. The summed E-state index contributed by atoms with van der Waals surface area (Å²) in [6.45, 7) is 2.68. The number of benzene rings is 2. The van der Waals surface area contributed by atoms with Crippen LogP contribution in [0.3, 0.4) is 0 Å². The molecular weight excluding hydrogens is 388 g/mol. The number of hydrogen-bond acceptors (Lipinski definition) is 4. The van der Waals surface area contributed by atoms with E-state index in [1.807, 2.05) is 42.0 Å². The van der Waals surface area contributed by atoms with Crippen LogP contribution in [0.1, 0.15) is 17.0 Å². The highest BCUT2D eigenvalue weighted by Gasteiger charge is 2.03. The fourth-order valence-corrected chi connectivity index (χ4v) is 3.26. The van der Waals surface area contributed by atoms with Crippen molar-refractivity contribution < 1.29 is 13.2 Å². The third kappa shape index (κ3) is 6.32. The van der Waals surface area contributed by atoms with Crippen LogP contribution in [0.2, 0.25) is 0 Å². The predicted octanol–water partition coefficient (Wildman–Crippen LogP) is 3.26. The number of carbonyl (C=O) groups is 1. The summed E-state index contributed by atoms with van der Waals surface area (Å²) in [5, 5.41) is 2.82. The second-order valence-corrected chi connectivity index (χ2v) is 8.37. The van der Waals surface area contributed by atoms with E-state index in [0.717, 1.165) is 29.8 Å². The van der Waals surface area contributed by atoms with E-state index in [9.17, 15) is 13.2 Å². The first-order valence-electron chi connectivity index (χ1n) is 8.92. The second-order valence-electron chi connectivity index (χ2n) is 6.62. The number of aromatic nitrogens is 2. The van der Waals surface area contributed by atoms with E-state index < -0.39 is 10.0 Å². The predicted molar refractivity (Wildman–Crippen MR) is 115 cm³/mol.